The summed E-state index contributed by atoms with van der Waals surface area (Å²) in [4.78, 5) is 15.6. The van der Waals surface area contributed by atoms with E-state index in [1.54, 1.807) is 19.1 Å². The van der Waals surface area contributed by atoms with Crippen LogP contribution in [-0.2, 0) is 16.6 Å². The van der Waals surface area contributed by atoms with Gasteiger partial charge in [-0.3, -0.25) is 15.0 Å². The van der Waals surface area contributed by atoms with E-state index in [2.05, 4.69) is 15.4 Å². The molecule has 3 heterocycles. The third kappa shape index (κ3) is 2.82. The first-order chi connectivity index (χ1) is 16.3. The number of hydrogen-bond donors (Lipinski definition) is 4. The highest BCUT2D eigenvalue weighted by atomic mass is 16.5. The normalized spacial score (nSPS) is 32.5. The van der Waals surface area contributed by atoms with Crippen LogP contribution in [0, 0.1) is 12.8 Å². The molecule has 1 aromatic heterocycles. The lowest BCUT2D eigenvalue weighted by Crippen LogP contribution is -2.75. The predicted octanol–water partition coefficient (Wildman–Crippen LogP) is 2.95. The predicted molar refractivity (Wildman–Crippen MR) is 126 cm³/mol. The molecule has 5 aliphatic rings. The van der Waals surface area contributed by atoms with E-state index in [9.17, 15) is 20.1 Å². The zero-order valence-corrected chi connectivity index (χ0v) is 18.9. The number of hydrogen-bond acceptors (Lipinski definition) is 8. The average Bonchev–Trinajstić information content (AvgIpc) is 3.41. The van der Waals surface area contributed by atoms with Gasteiger partial charge >= 0.3 is 0 Å². The van der Waals surface area contributed by atoms with Crippen LogP contribution in [0.1, 0.15) is 49.9 Å². The van der Waals surface area contributed by atoms with Crippen LogP contribution in [-0.4, -0.2) is 62.1 Å². The second kappa shape index (κ2) is 7.24. The van der Waals surface area contributed by atoms with Crippen molar-refractivity contribution >= 4 is 11.8 Å². The van der Waals surface area contributed by atoms with Crippen LogP contribution >= 0.6 is 0 Å². The number of nitrogens with one attached hydrogen (secondary N) is 1. The maximum absolute atomic E-state index is 13.3. The van der Waals surface area contributed by atoms with Crippen molar-refractivity contribution in [3.05, 3.63) is 46.4 Å². The van der Waals surface area contributed by atoms with Gasteiger partial charge in [-0.05, 0) is 56.7 Å². The molecule has 4 atom stereocenters. The lowest BCUT2D eigenvalue weighted by atomic mass is 9.49. The van der Waals surface area contributed by atoms with Gasteiger partial charge in [-0.25, -0.2) is 0 Å². The van der Waals surface area contributed by atoms with Gasteiger partial charge in [0.2, 0.25) is 5.88 Å². The second-order valence-electron chi connectivity index (χ2n) is 10.6. The quantitative estimate of drug-likeness (QED) is 0.525. The van der Waals surface area contributed by atoms with E-state index < -0.39 is 23.0 Å². The van der Waals surface area contributed by atoms with Gasteiger partial charge in [0.15, 0.2) is 17.6 Å². The monoisotopic (exact) mass is 481 g/mol. The Morgan fingerprint density at radius 1 is 1.31 bits per heavy atom. The minimum Gasteiger partial charge on any atom is -0.508 e. The van der Waals surface area contributed by atoms with Gasteiger partial charge in [-0.1, -0.05) is 18.6 Å². The standard InChI is InChI=1S/C25H27N3O6.CH4/c1-12-8-18(34-27-12)26-23(31)15-10-25(32)17-9-14-4-5-16(29)21-19(14)24(25,22(33-21)20(15)30)6-7-28(17)11-13-2-3-13;/h4-5,8,13,17,22,29-30,32H,2-3,6-7,9-11H2,1H3,(H,26,31);1H4/t17-,22+,24+,25-;/m1./s1. The van der Waals surface area contributed by atoms with E-state index >= 15 is 0 Å². The highest BCUT2D eigenvalue weighted by molar-refractivity contribution is 6.04. The van der Waals surface area contributed by atoms with Crippen LogP contribution < -0.4 is 10.1 Å². The summed E-state index contributed by atoms with van der Waals surface area (Å²) >= 11 is 0. The number of phenolic OH excluding ortho intramolecular Hbond substituents is 1. The van der Waals surface area contributed by atoms with E-state index in [1.807, 2.05) is 6.07 Å². The number of nitrogens with zero attached hydrogens (tertiary/aromatic N) is 2. The minimum atomic E-state index is -1.34. The van der Waals surface area contributed by atoms with E-state index in [4.69, 9.17) is 9.26 Å². The van der Waals surface area contributed by atoms with Crippen LogP contribution in [0.5, 0.6) is 11.5 Å². The molecule has 2 fully saturated rings. The molecule has 2 aliphatic heterocycles. The highest BCUT2D eigenvalue weighted by Crippen LogP contribution is 2.66. The Hall–Kier alpha value is -3.04. The van der Waals surface area contributed by atoms with E-state index in [0.29, 0.717) is 30.2 Å². The molecule has 186 valence electrons. The Bertz CT molecular complexity index is 1270. The fraction of sp³-hybridized carbons (Fsp3) is 0.538. The van der Waals surface area contributed by atoms with E-state index in [-0.39, 0.29) is 42.9 Å². The maximum Gasteiger partial charge on any atom is 0.257 e. The van der Waals surface area contributed by atoms with Crippen LogP contribution in [0.4, 0.5) is 5.88 Å². The molecule has 0 unspecified atom stereocenters. The van der Waals surface area contributed by atoms with Crippen molar-refractivity contribution in [2.24, 2.45) is 5.92 Å². The summed E-state index contributed by atoms with van der Waals surface area (Å²) in [5, 5.41) is 41.0. The largest absolute Gasteiger partial charge is 0.508 e. The number of ether oxygens (including phenoxy) is 1. The van der Waals surface area contributed by atoms with Gasteiger partial charge in [0, 0.05) is 30.6 Å². The SMILES string of the molecule is C.Cc1cc(NC(=O)C2=C(O)[C@@H]3Oc4c(O)ccc5c4[C@@]34CCN(CC3CC3)[C@H](C5)[C@]4(O)C2)on1. The van der Waals surface area contributed by atoms with Crippen molar-refractivity contribution in [2.45, 2.75) is 69.6 Å². The fourth-order valence-corrected chi connectivity index (χ4v) is 6.98. The van der Waals surface area contributed by atoms with Gasteiger partial charge in [-0.15, -0.1) is 0 Å². The van der Waals surface area contributed by atoms with Gasteiger partial charge in [0.05, 0.1) is 22.3 Å². The number of benzene rings is 1. The number of amides is 1. The summed E-state index contributed by atoms with van der Waals surface area (Å²) in [5.74, 6) is 0.364. The molecule has 9 nitrogen and oxygen atoms in total. The minimum absolute atomic E-state index is 0. The third-order valence-corrected chi connectivity index (χ3v) is 8.66. The summed E-state index contributed by atoms with van der Waals surface area (Å²) in [6.45, 7) is 3.43. The number of aryl methyl sites for hydroxylation is 1. The number of aliphatic hydroxyl groups is 2. The summed E-state index contributed by atoms with van der Waals surface area (Å²) in [6.07, 6.45) is 2.62. The average molecular weight is 482 g/mol. The third-order valence-electron chi connectivity index (χ3n) is 8.66. The van der Waals surface area contributed by atoms with E-state index in [1.165, 1.54) is 12.8 Å². The Balaban J connectivity index is 0.00000229. The van der Waals surface area contributed by atoms with Crippen molar-refractivity contribution in [3.63, 3.8) is 0 Å². The second-order valence-corrected chi connectivity index (χ2v) is 10.6. The van der Waals surface area contributed by atoms with Crippen molar-refractivity contribution < 1.29 is 29.4 Å². The maximum atomic E-state index is 13.3. The zero-order valence-electron chi connectivity index (χ0n) is 18.9. The fourth-order valence-electron chi connectivity index (χ4n) is 6.98. The van der Waals surface area contributed by atoms with Gasteiger partial charge < -0.3 is 24.6 Å². The first-order valence-corrected chi connectivity index (χ1v) is 12.0. The lowest BCUT2D eigenvalue weighted by molar-refractivity contribution is -0.172. The smallest absolute Gasteiger partial charge is 0.257 e. The molecule has 35 heavy (non-hydrogen) atoms. The molecule has 1 saturated carbocycles. The first-order valence-electron chi connectivity index (χ1n) is 12.0. The Labute approximate surface area is 203 Å². The van der Waals surface area contributed by atoms with Crippen LogP contribution in [0.25, 0.3) is 0 Å². The summed E-state index contributed by atoms with van der Waals surface area (Å²) in [6, 6.07) is 4.89. The molecular weight excluding hydrogens is 450 g/mol. The number of carbonyl (C=O) groups excluding carboxylic acids is 1. The molecule has 7 rings (SSSR count). The number of aliphatic hydroxyl groups excluding tert-OH is 1. The van der Waals surface area contributed by atoms with Crippen molar-refractivity contribution in [1.82, 2.24) is 10.1 Å². The Kier molecular flexibility index (Phi) is 4.64. The number of aromatic hydroxyl groups is 1. The highest BCUT2D eigenvalue weighted by Gasteiger charge is 2.73. The number of piperidine rings is 1. The molecule has 1 spiro atoms. The number of rotatable bonds is 4. The number of phenols is 1. The molecule has 2 bridgehead atoms. The van der Waals surface area contributed by atoms with Crippen molar-refractivity contribution in [1.29, 1.82) is 0 Å². The molecule has 1 aromatic carbocycles. The molecule has 9 heteroatoms. The zero-order chi connectivity index (χ0) is 23.4. The summed E-state index contributed by atoms with van der Waals surface area (Å²) < 4.78 is 11.3. The van der Waals surface area contributed by atoms with Crippen molar-refractivity contribution in [2.75, 3.05) is 18.4 Å². The number of carbonyl (C=O) groups is 1. The lowest BCUT2D eigenvalue weighted by Gasteiger charge is -2.62. The number of anilines is 1. The Morgan fingerprint density at radius 3 is 2.83 bits per heavy atom. The molecule has 0 radical (unpaired) electrons. The molecule has 2 aromatic rings. The first kappa shape index (κ1) is 22.4. The van der Waals surface area contributed by atoms with Crippen LogP contribution in [0.2, 0.25) is 0 Å². The molecule has 1 saturated heterocycles. The number of aromatic nitrogens is 1. The number of likely N-dealkylation sites (tertiary alicyclic amines) is 1. The molecule has 1 amide bonds. The van der Waals surface area contributed by atoms with Gasteiger partial charge in [0.1, 0.15) is 5.76 Å². The Morgan fingerprint density at radius 2 is 2.11 bits per heavy atom. The van der Waals surface area contributed by atoms with Crippen LogP contribution in [0.15, 0.2) is 34.1 Å². The molecular formula is C26H31N3O6. The van der Waals surface area contributed by atoms with Gasteiger partial charge in [-0.2, -0.15) is 0 Å². The topological polar surface area (TPSA) is 128 Å². The summed E-state index contributed by atoms with van der Waals surface area (Å²) in [7, 11) is 0. The molecule has 3 aliphatic carbocycles. The van der Waals surface area contributed by atoms with Crippen molar-refractivity contribution in [3.8, 4) is 11.5 Å². The van der Waals surface area contributed by atoms with Crippen LogP contribution in [0.3, 0.4) is 0 Å². The van der Waals surface area contributed by atoms with E-state index in [0.717, 1.165) is 24.2 Å². The summed E-state index contributed by atoms with van der Waals surface area (Å²) in [5.41, 5.74) is 0.252. The van der Waals surface area contributed by atoms with Gasteiger partial charge in [0.25, 0.3) is 5.91 Å². The molecule has 4 N–H and O–H groups in total.